The number of likely N-dealkylation sites (tertiary alicyclic amines) is 1. The molecule has 0 bridgehead atoms. The maximum Gasteiger partial charge on any atom is 0.255 e. The van der Waals surface area contributed by atoms with E-state index in [4.69, 9.17) is 16.3 Å². The maximum absolute atomic E-state index is 12.8. The Balaban J connectivity index is 1.64. The molecule has 9 heteroatoms. The van der Waals surface area contributed by atoms with Gasteiger partial charge in [0, 0.05) is 31.2 Å². The summed E-state index contributed by atoms with van der Waals surface area (Å²) < 4.78 is 29.4. The van der Waals surface area contributed by atoms with E-state index in [0.29, 0.717) is 30.3 Å². The molecule has 1 saturated heterocycles. The molecule has 0 atom stereocenters. The lowest BCUT2D eigenvalue weighted by molar-refractivity contribution is 0.0723. The van der Waals surface area contributed by atoms with Crippen LogP contribution in [0.15, 0.2) is 35.4 Å². The smallest absolute Gasteiger partial charge is 0.255 e. The van der Waals surface area contributed by atoms with Gasteiger partial charge in [-0.15, -0.1) is 0 Å². The molecule has 7 nitrogen and oxygen atoms in total. The predicted molar refractivity (Wildman–Crippen MR) is 111 cm³/mol. The summed E-state index contributed by atoms with van der Waals surface area (Å²) in [7, 11) is -3.40. The van der Waals surface area contributed by atoms with Crippen LogP contribution in [0.1, 0.15) is 29.6 Å². The summed E-state index contributed by atoms with van der Waals surface area (Å²) in [6, 6.07) is 6.54. The molecular formula is C20H22ClN3O4S. The number of carbonyl (C=O) groups is 1. The van der Waals surface area contributed by atoms with Crippen molar-refractivity contribution < 1.29 is 17.9 Å². The van der Waals surface area contributed by atoms with Crippen LogP contribution in [0.25, 0.3) is 0 Å². The molecule has 4 rings (SSSR count). The fourth-order valence-electron chi connectivity index (χ4n) is 3.71. The normalized spacial score (nSPS) is 16.9. The molecule has 3 heterocycles. The summed E-state index contributed by atoms with van der Waals surface area (Å²) >= 11 is 6.21. The Kier molecular flexibility index (Phi) is 5.40. The number of aromatic nitrogens is 1. The van der Waals surface area contributed by atoms with Gasteiger partial charge in [0.2, 0.25) is 0 Å². The van der Waals surface area contributed by atoms with E-state index in [1.807, 2.05) is 9.80 Å². The molecule has 1 fully saturated rings. The van der Waals surface area contributed by atoms with Crippen molar-refractivity contribution in [2.24, 2.45) is 0 Å². The van der Waals surface area contributed by atoms with Gasteiger partial charge in [-0.3, -0.25) is 4.79 Å². The molecule has 2 aromatic rings. The molecule has 0 N–H and O–H groups in total. The molecule has 1 aromatic carbocycles. The number of sulfone groups is 1. The Labute approximate surface area is 175 Å². The van der Waals surface area contributed by atoms with Crippen molar-refractivity contribution in [1.82, 2.24) is 9.88 Å². The van der Waals surface area contributed by atoms with Gasteiger partial charge < -0.3 is 14.5 Å². The summed E-state index contributed by atoms with van der Waals surface area (Å²) in [6.07, 6.45) is 5.91. The first-order valence-corrected chi connectivity index (χ1v) is 11.8. The molecule has 0 saturated carbocycles. The highest BCUT2D eigenvalue weighted by Crippen LogP contribution is 2.37. The van der Waals surface area contributed by atoms with Crippen molar-refractivity contribution in [2.75, 3.05) is 37.4 Å². The van der Waals surface area contributed by atoms with E-state index in [1.165, 1.54) is 6.07 Å². The lowest BCUT2D eigenvalue weighted by Crippen LogP contribution is -2.36. The fourth-order valence-corrected chi connectivity index (χ4v) is 5.03. The lowest BCUT2D eigenvalue weighted by atomic mass is 10.1. The Bertz CT molecular complexity index is 1050. The van der Waals surface area contributed by atoms with Gasteiger partial charge in [-0.2, -0.15) is 0 Å². The third-order valence-corrected chi connectivity index (χ3v) is 6.76. The topological polar surface area (TPSA) is 79.8 Å². The minimum Gasteiger partial charge on any atom is -0.488 e. The minimum atomic E-state index is -3.40. The van der Waals surface area contributed by atoms with Gasteiger partial charge in [-0.05, 0) is 43.5 Å². The van der Waals surface area contributed by atoms with Gasteiger partial charge in [0.15, 0.2) is 21.4 Å². The number of piperidine rings is 1. The number of anilines is 2. The molecule has 0 radical (unpaired) electrons. The molecule has 154 valence electrons. The van der Waals surface area contributed by atoms with Crippen LogP contribution in [0.2, 0.25) is 5.02 Å². The summed E-state index contributed by atoms with van der Waals surface area (Å²) in [5.74, 6) is 1.08. The van der Waals surface area contributed by atoms with Crippen molar-refractivity contribution >= 4 is 38.9 Å². The van der Waals surface area contributed by atoms with Crippen molar-refractivity contribution in [3.63, 3.8) is 0 Å². The van der Waals surface area contributed by atoms with E-state index in [1.54, 1.807) is 24.4 Å². The van der Waals surface area contributed by atoms with E-state index < -0.39 is 9.84 Å². The number of hydrogen-bond acceptors (Lipinski definition) is 6. The zero-order chi connectivity index (χ0) is 20.6. The van der Waals surface area contributed by atoms with Gasteiger partial charge in [0.05, 0.1) is 22.0 Å². The zero-order valence-corrected chi connectivity index (χ0v) is 17.7. The number of rotatable bonds is 3. The van der Waals surface area contributed by atoms with Crippen molar-refractivity contribution in [2.45, 2.75) is 24.2 Å². The summed E-state index contributed by atoms with van der Waals surface area (Å²) in [6.45, 7) is 2.50. The fraction of sp³-hybridized carbons (Fsp3) is 0.400. The van der Waals surface area contributed by atoms with Crippen LogP contribution in [-0.2, 0) is 9.84 Å². The summed E-state index contributed by atoms with van der Waals surface area (Å²) in [5, 5.41) is 0.162. The van der Waals surface area contributed by atoms with Gasteiger partial charge in [-0.1, -0.05) is 11.6 Å². The first-order chi connectivity index (χ1) is 13.8. The van der Waals surface area contributed by atoms with Gasteiger partial charge in [0.25, 0.3) is 5.91 Å². The van der Waals surface area contributed by atoms with Crippen molar-refractivity contribution in [3.05, 3.63) is 41.0 Å². The van der Waals surface area contributed by atoms with Crippen molar-refractivity contribution in [1.29, 1.82) is 0 Å². The van der Waals surface area contributed by atoms with Crippen LogP contribution in [0.3, 0.4) is 0 Å². The highest BCUT2D eigenvalue weighted by Gasteiger charge is 2.26. The maximum atomic E-state index is 12.8. The Morgan fingerprint density at radius 2 is 1.90 bits per heavy atom. The Hall–Kier alpha value is -2.32. The average molecular weight is 436 g/mol. The molecule has 2 aliphatic heterocycles. The van der Waals surface area contributed by atoms with E-state index in [2.05, 4.69) is 4.98 Å². The van der Waals surface area contributed by atoms with Crippen LogP contribution >= 0.6 is 11.6 Å². The molecule has 1 amide bonds. The largest absolute Gasteiger partial charge is 0.488 e. The number of fused-ring (bicyclic) bond motifs is 1. The number of pyridine rings is 1. The van der Waals surface area contributed by atoms with Gasteiger partial charge in [-0.25, -0.2) is 13.4 Å². The van der Waals surface area contributed by atoms with E-state index >= 15 is 0 Å². The summed E-state index contributed by atoms with van der Waals surface area (Å²) in [5.41, 5.74) is 1.23. The monoisotopic (exact) mass is 435 g/mol. The molecule has 1 aromatic heterocycles. The van der Waals surface area contributed by atoms with Crippen LogP contribution in [0, 0.1) is 0 Å². The quantitative estimate of drug-likeness (QED) is 0.736. The second kappa shape index (κ2) is 7.84. The zero-order valence-electron chi connectivity index (χ0n) is 16.1. The second-order valence-electron chi connectivity index (χ2n) is 7.29. The number of ether oxygens (including phenoxy) is 1. The third-order valence-electron chi connectivity index (χ3n) is 5.18. The third kappa shape index (κ3) is 4.04. The van der Waals surface area contributed by atoms with E-state index in [-0.39, 0.29) is 15.8 Å². The number of carbonyl (C=O) groups excluding carboxylic acids is 1. The number of hydrogen-bond donors (Lipinski definition) is 0. The van der Waals surface area contributed by atoms with Crippen LogP contribution in [-0.4, -0.2) is 56.7 Å². The molecular weight excluding hydrogens is 414 g/mol. The average Bonchev–Trinajstić information content (AvgIpc) is 2.72. The highest BCUT2D eigenvalue weighted by atomic mass is 35.5. The molecule has 0 spiro atoms. The van der Waals surface area contributed by atoms with Gasteiger partial charge in [0.1, 0.15) is 6.61 Å². The number of benzene rings is 1. The predicted octanol–water partition coefficient (Wildman–Crippen LogP) is 3.30. The van der Waals surface area contributed by atoms with Crippen molar-refractivity contribution in [3.8, 4) is 5.75 Å². The van der Waals surface area contributed by atoms with E-state index in [0.717, 1.165) is 44.3 Å². The van der Waals surface area contributed by atoms with E-state index in [9.17, 15) is 13.2 Å². The SMILES string of the molecule is CS(=O)(=O)c1ccc(N2CCOc3cc(C(=O)N4CCCCC4)cnc32)cc1Cl. The first kappa shape index (κ1) is 20.0. The Morgan fingerprint density at radius 1 is 1.14 bits per heavy atom. The van der Waals surface area contributed by atoms with Crippen LogP contribution < -0.4 is 9.64 Å². The summed E-state index contributed by atoms with van der Waals surface area (Å²) in [4.78, 5) is 21.1. The number of amides is 1. The second-order valence-corrected chi connectivity index (χ2v) is 9.68. The van der Waals surface area contributed by atoms with Crippen LogP contribution in [0.5, 0.6) is 5.75 Å². The minimum absolute atomic E-state index is 0.0266. The van der Waals surface area contributed by atoms with Gasteiger partial charge >= 0.3 is 0 Å². The molecule has 0 unspecified atom stereocenters. The Morgan fingerprint density at radius 3 is 2.59 bits per heavy atom. The molecule has 2 aliphatic rings. The number of halogens is 1. The van der Waals surface area contributed by atoms with Crippen LogP contribution in [0.4, 0.5) is 11.5 Å². The number of nitrogens with zero attached hydrogens (tertiary/aromatic N) is 3. The highest BCUT2D eigenvalue weighted by molar-refractivity contribution is 7.90. The molecule has 0 aliphatic carbocycles. The standard InChI is InChI=1S/C20H22ClN3O4S/c1-29(26,27)18-6-5-15(12-16(18)21)24-9-10-28-17-11-14(13-22-19(17)24)20(25)23-7-3-2-4-8-23/h5-6,11-13H,2-4,7-10H2,1H3. The lowest BCUT2D eigenvalue weighted by Gasteiger charge is -2.31. The first-order valence-electron chi connectivity index (χ1n) is 9.54. The molecule has 29 heavy (non-hydrogen) atoms.